The fourth-order valence-electron chi connectivity index (χ4n) is 3.82. The molecule has 0 fully saturated rings. The lowest BCUT2D eigenvalue weighted by molar-refractivity contribution is 0.0599. The Morgan fingerprint density at radius 1 is 1.15 bits per heavy atom. The van der Waals surface area contributed by atoms with Gasteiger partial charge in [0, 0.05) is 23.7 Å². The van der Waals surface area contributed by atoms with E-state index in [1.807, 2.05) is 37.4 Å². The molecule has 0 amide bonds. The average Bonchev–Trinajstić information content (AvgIpc) is 3.11. The number of nitrogens with zero attached hydrogens (tertiary/aromatic N) is 2. The van der Waals surface area contributed by atoms with Gasteiger partial charge in [0.15, 0.2) is 0 Å². The second-order valence-corrected chi connectivity index (χ2v) is 6.78. The van der Waals surface area contributed by atoms with Crippen LogP contribution in [0.25, 0.3) is 21.9 Å². The summed E-state index contributed by atoms with van der Waals surface area (Å²) in [4.78, 5) is 27.9. The van der Waals surface area contributed by atoms with Crippen molar-refractivity contribution in [2.24, 2.45) is 7.05 Å². The molecule has 0 aliphatic heterocycles. The summed E-state index contributed by atoms with van der Waals surface area (Å²) in [6, 6.07) is 11.3. The summed E-state index contributed by atoms with van der Waals surface area (Å²) in [5.74, 6) is -0.406. The van der Waals surface area contributed by atoms with Gasteiger partial charge >= 0.3 is 11.7 Å². The lowest BCUT2D eigenvalue weighted by Crippen LogP contribution is -2.20. The third-order valence-corrected chi connectivity index (χ3v) is 5.47. The molecule has 0 aliphatic carbocycles. The van der Waals surface area contributed by atoms with Crippen LogP contribution in [0.5, 0.6) is 0 Å². The smallest absolute Gasteiger partial charge is 0.338 e. The zero-order valence-corrected chi connectivity index (χ0v) is 15.8. The minimum atomic E-state index is -0.406. The van der Waals surface area contributed by atoms with Crippen molar-refractivity contribution in [2.75, 3.05) is 7.11 Å². The maximum atomic E-state index is 12.6. The number of carbonyl (C=O) groups is 1. The van der Waals surface area contributed by atoms with Crippen LogP contribution in [0.3, 0.4) is 0 Å². The number of H-pyrrole nitrogens is 1. The van der Waals surface area contributed by atoms with Crippen LogP contribution in [-0.2, 0) is 18.3 Å². The second kappa shape index (κ2) is 6.16. The van der Waals surface area contributed by atoms with E-state index in [-0.39, 0.29) is 12.2 Å². The van der Waals surface area contributed by atoms with Crippen molar-refractivity contribution < 1.29 is 9.53 Å². The molecule has 138 valence electrons. The molecule has 6 heteroatoms. The Balaban J connectivity index is 2.04. The van der Waals surface area contributed by atoms with Gasteiger partial charge in [0.1, 0.15) is 0 Å². The first-order valence-corrected chi connectivity index (χ1v) is 8.77. The monoisotopic (exact) mass is 363 g/mol. The first kappa shape index (κ1) is 17.1. The fourth-order valence-corrected chi connectivity index (χ4v) is 3.82. The van der Waals surface area contributed by atoms with Crippen molar-refractivity contribution in [3.63, 3.8) is 0 Å². The molecule has 0 unspecified atom stereocenters. The van der Waals surface area contributed by atoms with Crippen LogP contribution in [0.15, 0.2) is 41.2 Å². The lowest BCUT2D eigenvalue weighted by Gasteiger charge is -2.13. The van der Waals surface area contributed by atoms with Gasteiger partial charge in [-0.1, -0.05) is 18.2 Å². The summed E-state index contributed by atoms with van der Waals surface area (Å²) in [7, 11) is 3.35. The van der Waals surface area contributed by atoms with Crippen molar-refractivity contribution in [1.82, 2.24) is 14.1 Å². The molecule has 1 N–H and O–H groups in total. The van der Waals surface area contributed by atoms with E-state index in [0.29, 0.717) is 5.56 Å². The number of imidazole rings is 1. The number of aromatic amines is 1. The van der Waals surface area contributed by atoms with Crippen LogP contribution < -0.4 is 5.69 Å². The Morgan fingerprint density at radius 3 is 2.63 bits per heavy atom. The summed E-state index contributed by atoms with van der Waals surface area (Å²) < 4.78 is 8.73. The van der Waals surface area contributed by atoms with Crippen LogP contribution in [0.1, 0.15) is 27.2 Å². The molecule has 0 spiro atoms. The minimum Gasteiger partial charge on any atom is -0.465 e. The first-order chi connectivity index (χ1) is 12.9. The molecule has 2 aromatic heterocycles. The van der Waals surface area contributed by atoms with Crippen LogP contribution in [-0.4, -0.2) is 27.2 Å². The lowest BCUT2D eigenvalue weighted by atomic mass is 10.0. The van der Waals surface area contributed by atoms with E-state index < -0.39 is 5.97 Å². The predicted octanol–water partition coefficient (Wildman–Crippen LogP) is 3.27. The number of hydrogen-bond donors (Lipinski definition) is 1. The van der Waals surface area contributed by atoms with Crippen LogP contribution >= 0.6 is 0 Å². The number of rotatable bonds is 3. The first-order valence-electron chi connectivity index (χ1n) is 8.77. The molecule has 2 aromatic carbocycles. The number of para-hydroxylation sites is 2. The molecule has 0 saturated heterocycles. The standard InChI is InChI=1S/C21H21N3O3/c1-12-13(2)23(3)19-14(12)9-10-15(20(25)27-4)16(19)11-24-18-8-6-5-7-17(18)22-21(24)26/h5-10H,11H2,1-4H3,(H,22,26). The molecule has 0 aliphatic rings. The largest absolute Gasteiger partial charge is 0.465 e. The Labute approximate surface area is 156 Å². The molecule has 2 heterocycles. The van der Waals surface area contributed by atoms with Crippen molar-refractivity contribution in [2.45, 2.75) is 20.4 Å². The third-order valence-electron chi connectivity index (χ3n) is 5.47. The van der Waals surface area contributed by atoms with E-state index in [1.165, 1.54) is 7.11 Å². The quantitative estimate of drug-likeness (QED) is 0.568. The van der Waals surface area contributed by atoms with Gasteiger partial charge in [-0.3, -0.25) is 4.57 Å². The highest BCUT2D eigenvalue weighted by Gasteiger charge is 2.21. The summed E-state index contributed by atoms with van der Waals surface area (Å²) in [6.45, 7) is 4.40. The van der Waals surface area contributed by atoms with Crippen molar-refractivity contribution in [3.05, 3.63) is 69.3 Å². The van der Waals surface area contributed by atoms with E-state index in [1.54, 1.807) is 10.6 Å². The maximum Gasteiger partial charge on any atom is 0.338 e. The van der Waals surface area contributed by atoms with E-state index in [0.717, 1.165) is 38.8 Å². The van der Waals surface area contributed by atoms with E-state index in [4.69, 9.17) is 4.74 Å². The van der Waals surface area contributed by atoms with Crippen LogP contribution in [0.2, 0.25) is 0 Å². The highest BCUT2D eigenvalue weighted by Crippen LogP contribution is 2.30. The van der Waals surface area contributed by atoms with Gasteiger partial charge in [0.05, 0.1) is 35.8 Å². The van der Waals surface area contributed by atoms with Crippen molar-refractivity contribution in [3.8, 4) is 0 Å². The number of fused-ring (bicyclic) bond motifs is 2. The minimum absolute atomic E-state index is 0.202. The molecule has 4 aromatic rings. The van der Waals surface area contributed by atoms with E-state index in [2.05, 4.69) is 23.4 Å². The zero-order chi connectivity index (χ0) is 19.3. The number of aryl methyl sites for hydroxylation is 2. The van der Waals surface area contributed by atoms with Gasteiger partial charge in [-0.25, -0.2) is 9.59 Å². The van der Waals surface area contributed by atoms with Crippen LogP contribution in [0.4, 0.5) is 0 Å². The molecule has 0 saturated carbocycles. The Hall–Kier alpha value is -3.28. The Morgan fingerprint density at radius 2 is 1.89 bits per heavy atom. The number of esters is 1. The molecule has 27 heavy (non-hydrogen) atoms. The second-order valence-electron chi connectivity index (χ2n) is 6.78. The van der Waals surface area contributed by atoms with Gasteiger partial charge in [-0.05, 0) is 37.6 Å². The molecule has 4 rings (SSSR count). The molecular weight excluding hydrogens is 342 g/mol. The van der Waals surface area contributed by atoms with Crippen molar-refractivity contribution >= 4 is 27.9 Å². The molecular formula is C21H21N3O3. The van der Waals surface area contributed by atoms with Gasteiger partial charge in [0.2, 0.25) is 0 Å². The molecule has 0 atom stereocenters. The highest BCUT2D eigenvalue weighted by molar-refractivity contribution is 5.99. The van der Waals surface area contributed by atoms with Gasteiger partial charge in [0.25, 0.3) is 0 Å². The third kappa shape index (κ3) is 2.48. The average molecular weight is 363 g/mol. The summed E-state index contributed by atoms with van der Waals surface area (Å²) >= 11 is 0. The molecule has 0 radical (unpaired) electrons. The maximum absolute atomic E-state index is 12.6. The Bertz CT molecular complexity index is 1260. The van der Waals surface area contributed by atoms with Gasteiger partial charge < -0.3 is 14.3 Å². The topological polar surface area (TPSA) is 69.0 Å². The number of aromatic nitrogens is 3. The summed E-state index contributed by atoms with van der Waals surface area (Å²) in [5.41, 5.74) is 5.87. The van der Waals surface area contributed by atoms with Gasteiger partial charge in [-0.2, -0.15) is 0 Å². The number of ether oxygens (including phenoxy) is 1. The van der Waals surface area contributed by atoms with Crippen molar-refractivity contribution in [1.29, 1.82) is 0 Å². The number of methoxy groups -OCH3 is 1. The summed E-state index contributed by atoms with van der Waals surface area (Å²) in [5, 5.41) is 1.07. The molecule has 6 nitrogen and oxygen atoms in total. The Kier molecular flexibility index (Phi) is 3.91. The van der Waals surface area contributed by atoms with E-state index >= 15 is 0 Å². The highest BCUT2D eigenvalue weighted by atomic mass is 16.5. The summed E-state index contributed by atoms with van der Waals surface area (Å²) in [6.07, 6.45) is 0. The number of hydrogen-bond acceptors (Lipinski definition) is 3. The van der Waals surface area contributed by atoms with Crippen LogP contribution in [0, 0.1) is 13.8 Å². The zero-order valence-electron chi connectivity index (χ0n) is 15.8. The SMILES string of the molecule is COC(=O)c1ccc2c(C)c(C)n(C)c2c1Cn1c(=O)[nH]c2ccccc21. The number of carbonyl (C=O) groups excluding carboxylic acids is 1. The van der Waals surface area contributed by atoms with E-state index in [9.17, 15) is 9.59 Å². The van der Waals surface area contributed by atoms with Gasteiger partial charge in [-0.15, -0.1) is 0 Å². The predicted molar refractivity (Wildman–Crippen MR) is 105 cm³/mol. The molecule has 0 bridgehead atoms. The normalized spacial score (nSPS) is 11.4. The number of nitrogens with one attached hydrogen (secondary N) is 1. The fraction of sp³-hybridized carbons (Fsp3) is 0.238. The number of benzene rings is 2.